The molecule has 0 atom stereocenters. The molecular weight excluding hydrogens is 296 g/mol. The first-order valence-electron chi connectivity index (χ1n) is 5.98. The molecule has 1 heterocycles. The minimum absolute atomic E-state index is 0.465. The quantitative estimate of drug-likeness (QED) is 0.462. The Bertz CT molecular complexity index is 547. The van der Waals surface area contributed by atoms with E-state index in [-0.39, 0.29) is 0 Å². The lowest BCUT2D eigenvalue weighted by Crippen LogP contribution is -2.06. The van der Waals surface area contributed by atoms with E-state index < -0.39 is 6.29 Å². The number of thioether (sulfide) groups is 1. The van der Waals surface area contributed by atoms with Gasteiger partial charge in [-0.15, -0.1) is 0 Å². The molecule has 0 saturated carbocycles. The van der Waals surface area contributed by atoms with E-state index in [0.717, 1.165) is 10.8 Å². The first-order chi connectivity index (χ1) is 9.72. The van der Waals surface area contributed by atoms with Gasteiger partial charge in [-0.25, -0.2) is 9.97 Å². The van der Waals surface area contributed by atoms with E-state index in [1.54, 1.807) is 38.2 Å². The number of aromatic nitrogens is 2. The molecular formula is C14H15ClN2O2S. The smallest absolute Gasteiger partial charge is 0.200 e. The Balaban J connectivity index is 2.02. The summed E-state index contributed by atoms with van der Waals surface area (Å²) in [7, 11) is 3.16. The second kappa shape index (κ2) is 7.59. The van der Waals surface area contributed by atoms with Crippen molar-refractivity contribution in [2.75, 3.05) is 14.2 Å². The van der Waals surface area contributed by atoms with E-state index in [9.17, 15) is 0 Å². The molecule has 0 radical (unpaired) electrons. The fraction of sp³-hybridized carbons (Fsp3) is 0.286. The van der Waals surface area contributed by atoms with Gasteiger partial charge in [0.2, 0.25) is 6.29 Å². The van der Waals surface area contributed by atoms with Crippen LogP contribution >= 0.6 is 23.4 Å². The van der Waals surface area contributed by atoms with Gasteiger partial charge in [-0.3, -0.25) is 0 Å². The summed E-state index contributed by atoms with van der Waals surface area (Å²) in [5.74, 6) is 0.783. The Morgan fingerprint density at radius 1 is 1.15 bits per heavy atom. The summed E-state index contributed by atoms with van der Waals surface area (Å²) in [5, 5.41) is 1.43. The van der Waals surface area contributed by atoms with Crippen LogP contribution in [0.2, 0.25) is 5.02 Å². The molecule has 0 aliphatic rings. The highest BCUT2D eigenvalue weighted by Crippen LogP contribution is 2.22. The van der Waals surface area contributed by atoms with Crippen molar-refractivity contribution in [2.24, 2.45) is 0 Å². The Labute approximate surface area is 127 Å². The number of ether oxygens (including phenoxy) is 2. The molecule has 4 nitrogen and oxygen atoms in total. The van der Waals surface area contributed by atoms with Gasteiger partial charge in [0.1, 0.15) is 5.69 Å². The molecule has 20 heavy (non-hydrogen) atoms. The van der Waals surface area contributed by atoms with Crippen LogP contribution < -0.4 is 0 Å². The van der Waals surface area contributed by atoms with Crippen LogP contribution in [0.1, 0.15) is 17.5 Å². The van der Waals surface area contributed by atoms with Crippen molar-refractivity contribution in [3.63, 3.8) is 0 Å². The molecule has 0 N–H and O–H groups in total. The van der Waals surface area contributed by atoms with Gasteiger partial charge in [-0.2, -0.15) is 0 Å². The van der Waals surface area contributed by atoms with Crippen molar-refractivity contribution >= 4 is 23.4 Å². The highest BCUT2D eigenvalue weighted by Gasteiger charge is 2.11. The Kier molecular flexibility index (Phi) is 5.79. The molecule has 0 aliphatic carbocycles. The number of nitrogens with zero attached hydrogens (tertiary/aromatic N) is 2. The lowest BCUT2D eigenvalue weighted by Gasteiger charge is -2.12. The average molecular weight is 311 g/mol. The zero-order valence-electron chi connectivity index (χ0n) is 11.2. The lowest BCUT2D eigenvalue weighted by molar-refractivity contribution is -0.109. The summed E-state index contributed by atoms with van der Waals surface area (Å²) in [6.07, 6.45) is 1.24. The average Bonchev–Trinajstić information content (AvgIpc) is 2.48. The fourth-order valence-corrected chi connectivity index (χ4v) is 2.54. The van der Waals surface area contributed by atoms with Gasteiger partial charge in [0.05, 0.1) is 0 Å². The van der Waals surface area contributed by atoms with E-state index in [2.05, 4.69) is 9.97 Å². The van der Waals surface area contributed by atoms with Crippen LogP contribution in [0, 0.1) is 0 Å². The predicted molar refractivity (Wildman–Crippen MR) is 79.8 cm³/mol. The van der Waals surface area contributed by atoms with Crippen LogP contribution in [0.3, 0.4) is 0 Å². The van der Waals surface area contributed by atoms with Crippen LogP contribution in [0.4, 0.5) is 0 Å². The van der Waals surface area contributed by atoms with Crippen molar-refractivity contribution in [1.29, 1.82) is 0 Å². The van der Waals surface area contributed by atoms with Crippen LogP contribution in [0.15, 0.2) is 41.7 Å². The molecule has 1 aromatic heterocycles. The largest absolute Gasteiger partial charge is 0.350 e. The van der Waals surface area contributed by atoms with Crippen LogP contribution in [0.25, 0.3) is 0 Å². The first-order valence-corrected chi connectivity index (χ1v) is 7.35. The Hall–Kier alpha value is -1.14. The Morgan fingerprint density at radius 2 is 1.85 bits per heavy atom. The predicted octanol–water partition coefficient (Wildman–Crippen LogP) is 3.71. The summed E-state index contributed by atoms with van der Waals surface area (Å²) >= 11 is 7.41. The van der Waals surface area contributed by atoms with Crippen molar-refractivity contribution < 1.29 is 9.47 Å². The van der Waals surface area contributed by atoms with Gasteiger partial charge in [-0.05, 0) is 23.8 Å². The van der Waals surface area contributed by atoms with Crippen molar-refractivity contribution in [2.45, 2.75) is 17.2 Å². The van der Waals surface area contributed by atoms with Crippen LogP contribution in [0.5, 0.6) is 0 Å². The topological polar surface area (TPSA) is 44.2 Å². The van der Waals surface area contributed by atoms with Crippen LogP contribution in [-0.4, -0.2) is 24.2 Å². The minimum Gasteiger partial charge on any atom is -0.350 e. The van der Waals surface area contributed by atoms with Crippen molar-refractivity contribution in [1.82, 2.24) is 9.97 Å². The van der Waals surface area contributed by atoms with Gasteiger partial charge >= 0.3 is 0 Å². The first kappa shape index (κ1) is 15.3. The molecule has 1 aromatic carbocycles. The summed E-state index contributed by atoms with van der Waals surface area (Å²) in [4.78, 5) is 8.66. The summed E-state index contributed by atoms with van der Waals surface area (Å²) in [5.41, 5.74) is 1.88. The maximum Gasteiger partial charge on any atom is 0.200 e. The van der Waals surface area contributed by atoms with E-state index in [4.69, 9.17) is 21.1 Å². The monoisotopic (exact) mass is 310 g/mol. The summed E-state index contributed by atoms with van der Waals surface area (Å²) in [6.45, 7) is 0. The minimum atomic E-state index is -0.465. The van der Waals surface area contributed by atoms with Crippen molar-refractivity contribution in [3.8, 4) is 0 Å². The normalized spacial score (nSPS) is 11.0. The van der Waals surface area contributed by atoms with E-state index >= 15 is 0 Å². The van der Waals surface area contributed by atoms with Gasteiger partial charge < -0.3 is 9.47 Å². The molecule has 0 bridgehead atoms. The molecule has 0 fully saturated rings. The second-order valence-electron chi connectivity index (χ2n) is 3.98. The third-order valence-electron chi connectivity index (χ3n) is 2.61. The Morgan fingerprint density at radius 3 is 2.50 bits per heavy atom. The molecule has 2 rings (SSSR count). The number of methoxy groups -OCH3 is 2. The van der Waals surface area contributed by atoms with E-state index in [1.165, 1.54) is 5.56 Å². The second-order valence-corrected chi connectivity index (χ2v) is 5.36. The number of halogens is 1. The SMILES string of the molecule is COC(OC)c1ccnc(SCc2ccc(Cl)cc2)n1. The van der Waals surface area contributed by atoms with Gasteiger partial charge in [0.15, 0.2) is 5.16 Å². The molecule has 106 valence electrons. The molecule has 0 saturated heterocycles. The summed E-state index contributed by atoms with van der Waals surface area (Å²) < 4.78 is 10.4. The number of rotatable bonds is 6. The fourth-order valence-electron chi connectivity index (χ4n) is 1.62. The molecule has 0 spiro atoms. The molecule has 0 amide bonds. The van der Waals surface area contributed by atoms with Crippen molar-refractivity contribution in [3.05, 3.63) is 52.8 Å². The molecule has 6 heteroatoms. The van der Waals surface area contributed by atoms with Gasteiger partial charge in [0, 0.05) is 31.2 Å². The zero-order valence-corrected chi connectivity index (χ0v) is 12.8. The number of hydrogen-bond acceptors (Lipinski definition) is 5. The number of hydrogen-bond donors (Lipinski definition) is 0. The number of benzene rings is 1. The molecule has 0 aliphatic heterocycles. The van der Waals surface area contributed by atoms with E-state index in [1.807, 2.05) is 24.3 Å². The third-order valence-corrected chi connectivity index (χ3v) is 3.79. The maximum absolute atomic E-state index is 5.86. The molecule has 0 unspecified atom stereocenters. The maximum atomic E-state index is 5.86. The van der Waals surface area contributed by atoms with Crippen LogP contribution in [-0.2, 0) is 15.2 Å². The lowest BCUT2D eigenvalue weighted by atomic mass is 10.2. The highest BCUT2D eigenvalue weighted by molar-refractivity contribution is 7.98. The van der Waals surface area contributed by atoms with Gasteiger partial charge in [0.25, 0.3) is 0 Å². The summed E-state index contributed by atoms with van der Waals surface area (Å²) in [6, 6.07) is 9.52. The zero-order chi connectivity index (χ0) is 14.4. The van der Waals surface area contributed by atoms with E-state index in [0.29, 0.717) is 10.9 Å². The third kappa shape index (κ3) is 4.18. The van der Waals surface area contributed by atoms with Gasteiger partial charge in [-0.1, -0.05) is 35.5 Å². The standard InChI is InChI=1S/C14H15ClN2O2S/c1-18-13(19-2)12-7-8-16-14(17-12)20-9-10-3-5-11(15)6-4-10/h3-8,13H,9H2,1-2H3. The highest BCUT2D eigenvalue weighted by atomic mass is 35.5. The molecule has 2 aromatic rings.